The number of aromatic nitrogens is 2. The summed E-state index contributed by atoms with van der Waals surface area (Å²) in [7, 11) is 0. The van der Waals surface area contributed by atoms with Crippen molar-refractivity contribution in [3.8, 4) is 0 Å². The Balaban J connectivity index is 3.00. The molecule has 0 aromatic carbocycles. The van der Waals surface area contributed by atoms with Gasteiger partial charge < -0.3 is 31.8 Å². The number of rotatable bonds is 13. The highest BCUT2D eigenvalue weighted by Gasteiger charge is 2.32. The Morgan fingerprint density at radius 1 is 1.09 bits per heavy atom. The van der Waals surface area contributed by atoms with E-state index in [1.54, 1.807) is 13.8 Å². The van der Waals surface area contributed by atoms with Crippen LogP contribution in [0.4, 0.5) is 0 Å². The van der Waals surface area contributed by atoms with Crippen LogP contribution in [0.15, 0.2) is 12.5 Å². The number of hydrogen-bond acceptors (Lipinski definition) is 7. The summed E-state index contributed by atoms with van der Waals surface area (Å²) in [5, 5.41) is 16.8. The van der Waals surface area contributed by atoms with Gasteiger partial charge in [0.2, 0.25) is 17.7 Å². The number of aromatic amines is 1. The molecule has 1 heterocycles. The number of amides is 3. The summed E-state index contributed by atoms with van der Waals surface area (Å²) >= 11 is 3.94. The highest BCUT2D eigenvalue weighted by atomic mass is 32.1. The maximum absolute atomic E-state index is 13.0. The van der Waals surface area contributed by atoms with Crippen LogP contribution in [0.25, 0.3) is 0 Å². The number of carbonyl (C=O) groups excluding carboxylic acids is 3. The van der Waals surface area contributed by atoms with Crippen LogP contribution in [-0.4, -0.2) is 68.7 Å². The van der Waals surface area contributed by atoms with Gasteiger partial charge in [0.1, 0.15) is 18.1 Å². The highest BCUT2D eigenvalue weighted by Crippen LogP contribution is 2.09. The first-order chi connectivity index (χ1) is 15.0. The van der Waals surface area contributed by atoms with Gasteiger partial charge in [-0.1, -0.05) is 34.1 Å². The summed E-state index contributed by atoms with van der Waals surface area (Å²) in [5.74, 6) is -3.46. The molecule has 11 nitrogen and oxygen atoms in total. The van der Waals surface area contributed by atoms with E-state index in [1.165, 1.54) is 12.5 Å². The summed E-state index contributed by atoms with van der Waals surface area (Å²) in [6, 6.07) is -4.04. The van der Waals surface area contributed by atoms with Crippen molar-refractivity contribution in [3.05, 3.63) is 18.2 Å². The van der Waals surface area contributed by atoms with Gasteiger partial charge in [0.25, 0.3) is 0 Å². The number of imidazole rings is 1. The van der Waals surface area contributed by atoms with Crippen LogP contribution in [0.2, 0.25) is 0 Å². The zero-order valence-electron chi connectivity index (χ0n) is 18.8. The van der Waals surface area contributed by atoms with Crippen LogP contribution in [0.5, 0.6) is 0 Å². The molecular formula is C20H34N6O5S. The summed E-state index contributed by atoms with van der Waals surface area (Å²) < 4.78 is 0. The predicted molar refractivity (Wildman–Crippen MR) is 122 cm³/mol. The van der Waals surface area contributed by atoms with Gasteiger partial charge in [0, 0.05) is 24.1 Å². The number of carbonyl (C=O) groups is 4. The maximum atomic E-state index is 13.0. The van der Waals surface area contributed by atoms with Crippen molar-refractivity contribution < 1.29 is 24.3 Å². The van der Waals surface area contributed by atoms with Gasteiger partial charge in [0.05, 0.1) is 12.4 Å². The van der Waals surface area contributed by atoms with Gasteiger partial charge >= 0.3 is 5.97 Å². The minimum atomic E-state index is -1.24. The SMILES string of the molecule is CCC(C)C(N)C(=O)NC(C(=O)NC(Cc1cnc[nH]1)C(=O)NC(CS)C(=O)O)C(C)C. The van der Waals surface area contributed by atoms with E-state index in [1.807, 2.05) is 13.8 Å². The molecule has 180 valence electrons. The molecule has 0 saturated carbocycles. The van der Waals surface area contributed by atoms with Gasteiger partial charge in [-0.2, -0.15) is 12.6 Å². The van der Waals surface area contributed by atoms with Gasteiger partial charge in [-0.3, -0.25) is 14.4 Å². The molecule has 0 fully saturated rings. The van der Waals surface area contributed by atoms with E-state index in [4.69, 9.17) is 5.73 Å². The quantitative estimate of drug-likeness (QED) is 0.189. The minimum Gasteiger partial charge on any atom is -0.480 e. The van der Waals surface area contributed by atoms with Crippen LogP contribution < -0.4 is 21.7 Å². The van der Waals surface area contributed by atoms with E-state index < -0.39 is 47.9 Å². The van der Waals surface area contributed by atoms with Gasteiger partial charge in [-0.15, -0.1) is 0 Å². The van der Waals surface area contributed by atoms with E-state index >= 15 is 0 Å². The normalized spacial score (nSPS) is 15.8. The summed E-state index contributed by atoms with van der Waals surface area (Å²) in [6.07, 6.45) is 3.66. The molecule has 1 aromatic rings. The van der Waals surface area contributed by atoms with E-state index in [0.29, 0.717) is 12.1 Å². The number of carboxylic acid groups (broad SMARTS) is 1. The van der Waals surface area contributed by atoms with Crippen LogP contribution in [0, 0.1) is 11.8 Å². The topological polar surface area (TPSA) is 179 Å². The summed E-state index contributed by atoms with van der Waals surface area (Å²) in [5.41, 5.74) is 6.54. The Bertz CT molecular complexity index is 773. The molecular weight excluding hydrogens is 436 g/mol. The standard InChI is InChI=1S/C20H34N6O5S/c1-5-11(4)15(21)18(28)26-16(10(2)3)19(29)24-13(6-12-7-22-9-23-12)17(27)25-14(8-32)20(30)31/h7,9-11,13-16,32H,5-6,8,21H2,1-4H3,(H,22,23)(H,24,29)(H,25,27)(H,26,28)(H,30,31). The Kier molecular flexibility index (Phi) is 11.2. The number of nitrogens with one attached hydrogen (secondary N) is 4. The maximum Gasteiger partial charge on any atom is 0.327 e. The van der Waals surface area contributed by atoms with Crippen LogP contribution in [0.1, 0.15) is 39.8 Å². The minimum absolute atomic E-state index is 0.0433. The van der Waals surface area contributed by atoms with Gasteiger partial charge in [-0.25, -0.2) is 9.78 Å². The molecule has 0 spiro atoms. The summed E-state index contributed by atoms with van der Waals surface area (Å²) in [4.78, 5) is 56.3. The van der Waals surface area contributed by atoms with Gasteiger partial charge in [0.15, 0.2) is 0 Å². The molecule has 0 aliphatic carbocycles. The second-order valence-electron chi connectivity index (χ2n) is 8.07. The molecule has 3 amide bonds. The van der Waals surface area contributed by atoms with Crippen molar-refractivity contribution in [1.82, 2.24) is 25.9 Å². The zero-order chi connectivity index (χ0) is 24.4. The molecule has 12 heteroatoms. The molecule has 32 heavy (non-hydrogen) atoms. The molecule has 0 saturated heterocycles. The molecule has 5 unspecified atom stereocenters. The fraction of sp³-hybridized carbons (Fsp3) is 0.650. The number of nitrogens with two attached hydrogens (primary N) is 1. The Morgan fingerprint density at radius 3 is 2.19 bits per heavy atom. The highest BCUT2D eigenvalue weighted by molar-refractivity contribution is 7.80. The van der Waals surface area contributed by atoms with Crippen molar-refractivity contribution in [2.75, 3.05) is 5.75 Å². The molecule has 0 radical (unpaired) electrons. The second kappa shape index (κ2) is 13.1. The lowest BCUT2D eigenvalue weighted by Gasteiger charge is -2.27. The molecule has 0 aliphatic heterocycles. The lowest BCUT2D eigenvalue weighted by Crippen LogP contribution is -2.59. The smallest absolute Gasteiger partial charge is 0.327 e. The fourth-order valence-corrected chi connectivity index (χ4v) is 3.09. The third-order valence-electron chi connectivity index (χ3n) is 5.22. The van der Waals surface area contributed by atoms with Gasteiger partial charge in [-0.05, 0) is 11.8 Å². The molecule has 1 aromatic heterocycles. The monoisotopic (exact) mass is 470 g/mol. The van der Waals surface area contributed by atoms with E-state index in [0.717, 1.165) is 0 Å². The first-order valence-corrected chi connectivity index (χ1v) is 11.1. The number of thiol groups is 1. The number of nitrogens with zero attached hydrogens (tertiary/aromatic N) is 1. The first-order valence-electron chi connectivity index (χ1n) is 10.5. The third kappa shape index (κ3) is 8.15. The number of hydrogen-bond donors (Lipinski definition) is 7. The predicted octanol–water partition coefficient (Wildman–Crippen LogP) is -0.550. The van der Waals surface area contributed by atoms with E-state index in [-0.39, 0.29) is 24.0 Å². The van der Waals surface area contributed by atoms with E-state index in [9.17, 15) is 24.3 Å². The van der Waals surface area contributed by atoms with Crippen LogP contribution in [-0.2, 0) is 25.6 Å². The largest absolute Gasteiger partial charge is 0.480 e. The molecule has 7 N–H and O–H groups in total. The molecule has 0 bridgehead atoms. The lowest BCUT2D eigenvalue weighted by molar-refractivity contribution is -0.141. The second-order valence-corrected chi connectivity index (χ2v) is 8.43. The number of carboxylic acids is 1. The molecule has 0 aliphatic rings. The zero-order valence-corrected chi connectivity index (χ0v) is 19.7. The Labute approximate surface area is 193 Å². The fourth-order valence-electron chi connectivity index (χ4n) is 2.84. The average molecular weight is 471 g/mol. The van der Waals surface area contributed by atoms with Crippen LogP contribution >= 0.6 is 12.6 Å². The third-order valence-corrected chi connectivity index (χ3v) is 5.58. The lowest BCUT2D eigenvalue weighted by atomic mass is 9.97. The van der Waals surface area contributed by atoms with Crippen molar-refractivity contribution in [1.29, 1.82) is 0 Å². The molecule has 1 rings (SSSR count). The number of H-pyrrole nitrogens is 1. The van der Waals surface area contributed by atoms with E-state index in [2.05, 4.69) is 38.5 Å². The van der Waals surface area contributed by atoms with Crippen molar-refractivity contribution in [2.45, 2.75) is 64.7 Å². The first kappa shape index (κ1) is 27.4. The molecule has 5 atom stereocenters. The van der Waals surface area contributed by atoms with Crippen molar-refractivity contribution in [3.63, 3.8) is 0 Å². The average Bonchev–Trinajstić information content (AvgIpc) is 3.26. The Hall–Kier alpha value is -2.60. The van der Waals surface area contributed by atoms with Crippen LogP contribution in [0.3, 0.4) is 0 Å². The summed E-state index contributed by atoms with van der Waals surface area (Å²) in [6.45, 7) is 7.27. The Morgan fingerprint density at radius 2 is 1.72 bits per heavy atom. The number of aliphatic carboxylic acids is 1. The van der Waals surface area contributed by atoms with Crippen molar-refractivity contribution >= 4 is 36.3 Å². The van der Waals surface area contributed by atoms with Crippen molar-refractivity contribution in [2.24, 2.45) is 17.6 Å².